The number of aromatic nitrogens is 1. The molecular weight excluding hydrogens is 527 g/mol. The lowest BCUT2D eigenvalue weighted by Crippen LogP contribution is -2.46. The van der Waals surface area contributed by atoms with E-state index in [-0.39, 0.29) is 23.3 Å². The molecule has 0 bridgehead atoms. The van der Waals surface area contributed by atoms with E-state index in [1.54, 1.807) is 51.1 Å². The van der Waals surface area contributed by atoms with Crippen LogP contribution in [0.5, 0.6) is 5.75 Å². The van der Waals surface area contributed by atoms with E-state index in [1.807, 2.05) is 0 Å². The van der Waals surface area contributed by atoms with Gasteiger partial charge in [0.25, 0.3) is 5.91 Å². The molecule has 0 saturated carbocycles. The van der Waals surface area contributed by atoms with Crippen LogP contribution in [0.1, 0.15) is 54.4 Å². The Morgan fingerprint density at radius 2 is 1.85 bits per heavy atom. The number of carbonyl (C=O) groups is 2. The summed E-state index contributed by atoms with van der Waals surface area (Å²) < 4.78 is 24.5. The van der Waals surface area contributed by atoms with Crippen LogP contribution in [0, 0.1) is 24.6 Å². The fourth-order valence-electron chi connectivity index (χ4n) is 4.66. The van der Waals surface area contributed by atoms with Crippen molar-refractivity contribution in [1.82, 2.24) is 5.16 Å². The number of amides is 1. The van der Waals surface area contributed by atoms with Gasteiger partial charge in [-0.25, -0.2) is 9.18 Å². The van der Waals surface area contributed by atoms with E-state index in [1.165, 1.54) is 44.4 Å². The third kappa shape index (κ3) is 6.34. The van der Waals surface area contributed by atoms with Gasteiger partial charge >= 0.3 is 5.63 Å². The number of anilines is 1. The van der Waals surface area contributed by atoms with Crippen molar-refractivity contribution in [3.63, 3.8) is 0 Å². The third-order valence-corrected chi connectivity index (χ3v) is 6.80. The average molecular weight is 557 g/mol. The smallest absolute Gasteiger partial charge is 0.366 e. The molecule has 0 aliphatic heterocycles. The molecule has 1 aromatic heterocycles. The lowest BCUT2D eigenvalue weighted by atomic mass is 9.74. The lowest BCUT2D eigenvalue weighted by Gasteiger charge is -2.33. The first-order valence-corrected chi connectivity index (χ1v) is 12.8. The summed E-state index contributed by atoms with van der Waals surface area (Å²) in [6.07, 6.45) is -0.247. The first kappa shape index (κ1) is 29.2. The topological polar surface area (TPSA) is 119 Å². The van der Waals surface area contributed by atoms with Crippen LogP contribution in [-0.2, 0) is 10.2 Å². The van der Waals surface area contributed by atoms with Gasteiger partial charge in [-0.2, -0.15) is 0 Å². The molecule has 1 unspecified atom stereocenters. The average Bonchev–Trinajstić information content (AvgIpc) is 2.94. The molecule has 9 heteroatoms. The molecule has 0 spiro atoms. The highest BCUT2D eigenvalue weighted by atomic mass is 19.1. The van der Waals surface area contributed by atoms with Crippen molar-refractivity contribution in [2.24, 2.45) is 0 Å². The number of halogens is 1. The van der Waals surface area contributed by atoms with Crippen molar-refractivity contribution in [2.45, 2.75) is 45.1 Å². The quantitative estimate of drug-likeness (QED) is 0.245. The highest BCUT2D eigenvalue weighted by Gasteiger charge is 2.42. The van der Waals surface area contributed by atoms with Crippen molar-refractivity contribution >= 4 is 28.2 Å². The molecule has 0 saturated heterocycles. The van der Waals surface area contributed by atoms with Gasteiger partial charge in [-0.3, -0.25) is 9.59 Å². The summed E-state index contributed by atoms with van der Waals surface area (Å²) >= 11 is 0. The summed E-state index contributed by atoms with van der Waals surface area (Å²) in [7, 11) is 1.45. The van der Waals surface area contributed by atoms with Crippen LogP contribution < -0.4 is 15.7 Å². The molecule has 2 N–H and O–H groups in total. The first-order valence-electron chi connectivity index (χ1n) is 12.8. The van der Waals surface area contributed by atoms with Crippen molar-refractivity contribution in [1.29, 1.82) is 0 Å². The number of aryl methyl sites for hydroxylation is 1. The summed E-state index contributed by atoms with van der Waals surface area (Å²) in [5, 5.41) is 19.0. The van der Waals surface area contributed by atoms with Crippen LogP contribution in [0.3, 0.4) is 0 Å². The van der Waals surface area contributed by atoms with Crippen LogP contribution in [0.2, 0.25) is 0 Å². The molecule has 0 radical (unpaired) electrons. The molecular formula is C32H29FN2O6. The SMILES string of the molecule is COc1ccc(F)cc1C(C)(C)CC(O)(C#Cc1cccc(C(C)=O)c1)C(=O)Nc1ccc2c(=O)onc(C)c2c1. The maximum Gasteiger partial charge on any atom is 0.366 e. The summed E-state index contributed by atoms with van der Waals surface area (Å²) in [5.41, 5.74) is -1.89. The zero-order valence-electron chi connectivity index (χ0n) is 23.3. The number of nitrogens with one attached hydrogen (secondary N) is 1. The summed E-state index contributed by atoms with van der Waals surface area (Å²) in [6.45, 7) is 6.56. The van der Waals surface area contributed by atoms with Gasteiger partial charge in [-0.05, 0) is 67.8 Å². The minimum Gasteiger partial charge on any atom is -0.496 e. The van der Waals surface area contributed by atoms with E-state index in [9.17, 15) is 23.9 Å². The minimum absolute atomic E-state index is 0.156. The standard InChI is InChI=1S/C32H29FN2O6/c1-19-26-17-24(10-11-25(26)29(37)41-35-19)34-30(38)32(39,14-13-21-7-6-8-22(15-21)20(2)36)18-31(3,4)27-16-23(33)9-12-28(27)40-5/h6-12,15-17,39H,18H2,1-5H3,(H,34,38). The number of benzene rings is 3. The predicted molar refractivity (Wildman–Crippen MR) is 153 cm³/mol. The Hall–Kier alpha value is -4.81. The Balaban J connectivity index is 1.78. The molecule has 210 valence electrons. The fraction of sp³-hybridized carbons (Fsp3) is 0.250. The van der Waals surface area contributed by atoms with Crippen molar-refractivity contribution < 1.29 is 28.3 Å². The van der Waals surface area contributed by atoms with Gasteiger partial charge in [0.2, 0.25) is 5.60 Å². The van der Waals surface area contributed by atoms with E-state index in [0.29, 0.717) is 33.5 Å². The third-order valence-electron chi connectivity index (χ3n) is 6.80. The van der Waals surface area contributed by atoms with Crippen molar-refractivity contribution in [3.05, 3.63) is 99.3 Å². The number of Topliss-reactive ketones (excluding diaryl/α,β-unsaturated/α-hetero) is 1. The van der Waals surface area contributed by atoms with Gasteiger partial charge in [-0.15, -0.1) is 0 Å². The van der Waals surface area contributed by atoms with Crippen LogP contribution in [-0.4, -0.2) is 34.7 Å². The second-order valence-electron chi connectivity index (χ2n) is 10.4. The summed E-state index contributed by atoms with van der Waals surface area (Å²) in [6, 6.07) is 15.1. The Morgan fingerprint density at radius 3 is 2.56 bits per heavy atom. The number of carbonyl (C=O) groups excluding carboxylic acids is 2. The van der Waals surface area contributed by atoms with Crippen LogP contribution >= 0.6 is 0 Å². The second-order valence-corrected chi connectivity index (χ2v) is 10.4. The number of hydrogen-bond acceptors (Lipinski definition) is 7. The lowest BCUT2D eigenvalue weighted by molar-refractivity contribution is -0.130. The number of methoxy groups -OCH3 is 1. The number of ketones is 1. The molecule has 3 aromatic carbocycles. The van der Waals surface area contributed by atoms with E-state index < -0.39 is 28.4 Å². The molecule has 1 amide bonds. The Morgan fingerprint density at radius 1 is 1.10 bits per heavy atom. The number of fused-ring (bicyclic) bond motifs is 1. The maximum absolute atomic E-state index is 14.3. The molecule has 41 heavy (non-hydrogen) atoms. The first-order chi connectivity index (χ1) is 19.3. The van der Waals surface area contributed by atoms with E-state index in [0.717, 1.165) is 0 Å². The number of nitrogens with zero attached hydrogens (tertiary/aromatic N) is 1. The van der Waals surface area contributed by atoms with Gasteiger partial charge in [-0.1, -0.05) is 43.0 Å². The second kappa shape index (κ2) is 11.4. The van der Waals surface area contributed by atoms with Crippen LogP contribution in [0.15, 0.2) is 70.0 Å². The van der Waals surface area contributed by atoms with E-state index in [4.69, 9.17) is 9.26 Å². The highest BCUT2D eigenvalue weighted by Crippen LogP contribution is 2.38. The van der Waals surface area contributed by atoms with Crippen LogP contribution in [0.4, 0.5) is 10.1 Å². The number of aliphatic hydroxyl groups is 1. The minimum atomic E-state index is -2.29. The van der Waals surface area contributed by atoms with Crippen molar-refractivity contribution in [2.75, 3.05) is 12.4 Å². The largest absolute Gasteiger partial charge is 0.496 e. The molecule has 1 atom stereocenters. The zero-order valence-corrected chi connectivity index (χ0v) is 23.3. The van der Waals surface area contributed by atoms with Crippen LogP contribution in [0.25, 0.3) is 10.8 Å². The Kier molecular flexibility index (Phi) is 8.08. The van der Waals surface area contributed by atoms with Gasteiger partial charge in [0.1, 0.15) is 11.6 Å². The number of rotatable bonds is 7. The molecule has 8 nitrogen and oxygen atoms in total. The monoisotopic (exact) mass is 556 g/mol. The number of hydrogen-bond donors (Lipinski definition) is 2. The zero-order chi connectivity index (χ0) is 29.9. The molecule has 0 fully saturated rings. The van der Waals surface area contributed by atoms with E-state index in [2.05, 4.69) is 22.3 Å². The predicted octanol–water partition coefficient (Wildman–Crippen LogP) is 4.94. The van der Waals surface area contributed by atoms with Gasteiger partial charge in [0, 0.05) is 34.2 Å². The van der Waals surface area contributed by atoms with Gasteiger partial charge < -0.3 is 19.7 Å². The molecule has 4 rings (SSSR count). The Bertz CT molecular complexity index is 1780. The molecule has 4 aromatic rings. The highest BCUT2D eigenvalue weighted by molar-refractivity contribution is 6.01. The normalized spacial score (nSPS) is 12.7. The van der Waals surface area contributed by atoms with E-state index >= 15 is 0 Å². The summed E-state index contributed by atoms with van der Waals surface area (Å²) in [4.78, 5) is 37.6. The van der Waals surface area contributed by atoms with Gasteiger partial charge in [0.15, 0.2) is 5.78 Å². The fourth-order valence-corrected chi connectivity index (χ4v) is 4.66. The summed E-state index contributed by atoms with van der Waals surface area (Å²) in [5.74, 6) is 4.42. The molecule has 0 aliphatic carbocycles. The molecule has 0 aliphatic rings. The Labute approximate surface area is 236 Å². The maximum atomic E-state index is 14.3. The molecule has 1 heterocycles. The number of ether oxygens (including phenoxy) is 1. The van der Waals surface area contributed by atoms with Crippen molar-refractivity contribution in [3.8, 4) is 17.6 Å². The van der Waals surface area contributed by atoms with Gasteiger partial charge in [0.05, 0.1) is 18.2 Å².